The fourth-order valence-corrected chi connectivity index (χ4v) is 1.35. The van der Waals surface area contributed by atoms with Gasteiger partial charge in [-0.25, -0.2) is 4.39 Å². The van der Waals surface area contributed by atoms with Gasteiger partial charge in [-0.15, -0.1) is 0 Å². The molecule has 1 N–H and O–H groups in total. The highest BCUT2D eigenvalue weighted by atomic mass is 19.1. The second-order valence-corrected chi connectivity index (χ2v) is 4.71. The van der Waals surface area contributed by atoms with Gasteiger partial charge >= 0.3 is 0 Å². The summed E-state index contributed by atoms with van der Waals surface area (Å²) in [6.07, 6.45) is -0.465. The number of halogens is 1. The van der Waals surface area contributed by atoms with Gasteiger partial charge in [-0.3, -0.25) is 4.79 Å². The highest BCUT2D eigenvalue weighted by Crippen LogP contribution is 2.03. The van der Waals surface area contributed by atoms with Gasteiger partial charge in [0.15, 0.2) is 0 Å². The highest BCUT2D eigenvalue weighted by Gasteiger charge is 2.13. The average Bonchev–Trinajstić information content (AvgIpc) is 2.34. The molecule has 3 nitrogen and oxygen atoms in total. The fourth-order valence-electron chi connectivity index (χ4n) is 1.35. The van der Waals surface area contributed by atoms with Gasteiger partial charge in [0, 0.05) is 13.2 Å². The van der Waals surface area contributed by atoms with Crippen LogP contribution in [0.1, 0.15) is 26.3 Å². The van der Waals surface area contributed by atoms with Crippen molar-refractivity contribution in [3.05, 3.63) is 35.6 Å². The Kier molecular flexibility index (Phi) is 5.78. The van der Waals surface area contributed by atoms with Gasteiger partial charge in [0.2, 0.25) is 5.91 Å². The van der Waals surface area contributed by atoms with Crippen LogP contribution >= 0.6 is 0 Å². The van der Waals surface area contributed by atoms with Crippen LogP contribution in [-0.4, -0.2) is 18.6 Å². The lowest BCUT2D eigenvalue weighted by Gasteiger charge is -2.14. The maximum Gasteiger partial charge on any atom is 0.249 e. The standard InChI is InChI=1S/C14H20FNO2/c1-10(2)9-18-11(3)14(17)16-8-12-4-6-13(15)7-5-12/h4-7,10-11H,8-9H2,1-3H3,(H,16,17). The van der Waals surface area contributed by atoms with Gasteiger partial charge in [-0.1, -0.05) is 26.0 Å². The normalized spacial score (nSPS) is 12.5. The second-order valence-electron chi connectivity index (χ2n) is 4.71. The number of amides is 1. The third kappa shape index (κ3) is 5.27. The summed E-state index contributed by atoms with van der Waals surface area (Å²) < 4.78 is 18.1. The summed E-state index contributed by atoms with van der Waals surface area (Å²) in [6.45, 7) is 6.73. The van der Waals surface area contributed by atoms with Crippen molar-refractivity contribution in [2.45, 2.75) is 33.4 Å². The maximum atomic E-state index is 12.7. The van der Waals surface area contributed by atoms with Crippen molar-refractivity contribution in [2.24, 2.45) is 5.92 Å². The number of ether oxygens (including phenoxy) is 1. The van der Waals surface area contributed by atoms with E-state index in [0.29, 0.717) is 19.1 Å². The summed E-state index contributed by atoms with van der Waals surface area (Å²) in [4.78, 5) is 11.7. The SMILES string of the molecule is CC(C)COC(C)C(=O)NCc1ccc(F)cc1. The molecule has 18 heavy (non-hydrogen) atoms. The predicted molar refractivity (Wildman–Crippen MR) is 68.5 cm³/mol. The summed E-state index contributed by atoms with van der Waals surface area (Å²) in [5.74, 6) is -0.0314. The van der Waals surface area contributed by atoms with Gasteiger partial charge in [0.25, 0.3) is 0 Å². The Balaban J connectivity index is 2.34. The lowest BCUT2D eigenvalue weighted by Crippen LogP contribution is -2.34. The van der Waals surface area contributed by atoms with Gasteiger partial charge in [-0.2, -0.15) is 0 Å². The van der Waals surface area contributed by atoms with Crippen LogP contribution in [0.3, 0.4) is 0 Å². The van der Waals surface area contributed by atoms with Crippen molar-refractivity contribution in [1.29, 1.82) is 0 Å². The van der Waals surface area contributed by atoms with Crippen LogP contribution < -0.4 is 5.32 Å². The lowest BCUT2D eigenvalue weighted by molar-refractivity contribution is -0.132. The molecule has 0 saturated carbocycles. The van der Waals surface area contributed by atoms with Gasteiger partial charge in [0.05, 0.1) is 0 Å². The third-order valence-corrected chi connectivity index (χ3v) is 2.43. The molecule has 1 aromatic carbocycles. The maximum absolute atomic E-state index is 12.7. The summed E-state index contributed by atoms with van der Waals surface area (Å²) in [5.41, 5.74) is 0.862. The van der Waals surface area contributed by atoms with Crippen LogP contribution in [0.15, 0.2) is 24.3 Å². The molecule has 4 heteroatoms. The number of hydrogen-bond donors (Lipinski definition) is 1. The Bertz CT molecular complexity index is 376. The molecular weight excluding hydrogens is 233 g/mol. The molecule has 1 unspecified atom stereocenters. The molecular formula is C14H20FNO2. The first-order valence-electron chi connectivity index (χ1n) is 6.12. The van der Waals surface area contributed by atoms with E-state index in [4.69, 9.17) is 4.74 Å². The third-order valence-electron chi connectivity index (χ3n) is 2.43. The first-order chi connectivity index (χ1) is 8.49. The highest BCUT2D eigenvalue weighted by molar-refractivity contribution is 5.80. The van der Waals surface area contributed by atoms with E-state index in [9.17, 15) is 9.18 Å². The Morgan fingerprint density at radius 2 is 1.89 bits per heavy atom. The van der Waals surface area contributed by atoms with Gasteiger partial charge in [0.1, 0.15) is 11.9 Å². The molecule has 0 spiro atoms. The Labute approximate surface area is 107 Å². The van der Waals surface area contributed by atoms with Gasteiger partial charge in [-0.05, 0) is 30.5 Å². The summed E-state index contributed by atoms with van der Waals surface area (Å²) >= 11 is 0. The van der Waals surface area contributed by atoms with E-state index in [1.807, 2.05) is 13.8 Å². The van der Waals surface area contributed by atoms with E-state index in [1.54, 1.807) is 19.1 Å². The number of carbonyl (C=O) groups excluding carboxylic acids is 1. The monoisotopic (exact) mass is 253 g/mol. The van der Waals surface area contributed by atoms with E-state index < -0.39 is 6.10 Å². The average molecular weight is 253 g/mol. The van der Waals surface area contributed by atoms with E-state index in [1.165, 1.54) is 12.1 Å². The molecule has 0 aliphatic carbocycles. The molecule has 100 valence electrons. The minimum absolute atomic E-state index is 0.153. The topological polar surface area (TPSA) is 38.3 Å². The first kappa shape index (κ1) is 14.6. The quantitative estimate of drug-likeness (QED) is 0.846. The van der Waals surface area contributed by atoms with E-state index in [0.717, 1.165) is 5.56 Å². The van der Waals surface area contributed by atoms with E-state index in [2.05, 4.69) is 5.32 Å². The van der Waals surface area contributed by atoms with Crippen molar-refractivity contribution in [1.82, 2.24) is 5.32 Å². The number of rotatable bonds is 6. The zero-order valence-electron chi connectivity index (χ0n) is 11.1. The molecule has 1 amide bonds. The molecule has 0 aliphatic rings. The lowest BCUT2D eigenvalue weighted by atomic mass is 10.2. The number of carbonyl (C=O) groups is 1. The van der Waals surface area contributed by atoms with Crippen LogP contribution in [0.4, 0.5) is 4.39 Å². The molecule has 1 atom stereocenters. The minimum Gasteiger partial charge on any atom is -0.368 e. The molecule has 0 aliphatic heterocycles. The van der Waals surface area contributed by atoms with Crippen LogP contribution in [0, 0.1) is 11.7 Å². The molecule has 1 rings (SSSR count). The molecule has 0 saturated heterocycles. The molecule has 0 radical (unpaired) electrons. The van der Waals surface area contributed by atoms with Crippen molar-refractivity contribution >= 4 is 5.91 Å². The van der Waals surface area contributed by atoms with Crippen molar-refractivity contribution in [3.63, 3.8) is 0 Å². The van der Waals surface area contributed by atoms with Crippen LogP contribution in [-0.2, 0) is 16.1 Å². The summed E-state index contributed by atoms with van der Waals surface area (Å²) in [7, 11) is 0. The molecule has 0 aromatic heterocycles. The van der Waals surface area contributed by atoms with Crippen molar-refractivity contribution in [3.8, 4) is 0 Å². The number of benzene rings is 1. The summed E-state index contributed by atoms with van der Waals surface area (Å²) in [6, 6.07) is 6.05. The number of hydrogen-bond acceptors (Lipinski definition) is 2. The fraction of sp³-hybridized carbons (Fsp3) is 0.500. The first-order valence-corrected chi connectivity index (χ1v) is 6.12. The predicted octanol–water partition coefficient (Wildman–Crippen LogP) is 2.50. The zero-order valence-corrected chi connectivity index (χ0v) is 11.1. The molecule has 0 heterocycles. The zero-order chi connectivity index (χ0) is 13.5. The Hall–Kier alpha value is -1.42. The smallest absolute Gasteiger partial charge is 0.249 e. The molecule has 1 aromatic rings. The van der Waals surface area contributed by atoms with Crippen molar-refractivity contribution in [2.75, 3.05) is 6.61 Å². The van der Waals surface area contributed by atoms with Crippen LogP contribution in [0.25, 0.3) is 0 Å². The van der Waals surface area contributed by atoms with E-state index >= 15 is 0 Å². The van der Waals surface area contributed by atoms with Gasteiger partial charge < -0.3 is 10.1 Å². The van der Waals surface area contributed by atoms with E-state index in [-0.39, 0.29) is 11.7 Å². The van der Waals surface area contributed by atoms with Crippen LogP contribution in [0.2, 0.25) is 0 Å². The molecule has 0 fully saturated rings. The number of nitrogens with one attached hydrogen (secondary N) is 1. The Morgan fingerprint density at radius 3 is 2.44 bits per heavy atom. The second kappa shape index (κ2) is 7.11. The summed E-state index contributed by atoms with van der Waals surface area (Å²) in [5, 5.41) is 2.76. The molecule has 0 bridgehead atoms. The largest absolute Gasteiger partial charge is 0.368 e. The van der Waals surface area contributed by atoms with Crippen molar-refractivity contribution < 1.29 is 13.9 Å². The Morgan fingerprint density at radius 1 is 1.28 bits per heavy atom. The van der Waals surface area contributed by atoms with Crippen LogP contribution in [0.5, 0.6) is 0 Å². The minimum atomic E-state index is -0.465.